The summed E-state index contributed by atoms with van der Waals surface area (Å²) >= 11 is 7.30. The highest BCUT2D eigenvalue weighted by Crippen LogP contribution is 2.06. The molecule has 4 heteroatoms. The van der Waals surface area contributed by atoms with Crippen LogP contribution in [0.1, 0.15) is 5.82 Å². The van der Waals surface area contributed by atoms with Crippen molar-refractivity contribution in [1.29, 1.82) is 0 Å². The molecular weight excluding hydrogens is 168 g/mol. The highest BCUT2D eigenvalue weighted by molar-refractivity contribution is 7.97. The molecule has 0 fully saturated rings. The van der Waals surface area contributed by atoms with E-state index in [0.29, 0.717) is 5.15 Å². The quantitative estimate of drug-likeness (QED) is 0.642. The predicted molar refractivity (Wildman–Crippen MR) is 44.3 cm³/mol. The molecular formula is C6H7ClN2S. The van der Waals surface area contributed by atoms with Crippen LogP contribution < -0.4 is 0 Å². The van der Waals surface area contributed by atoms with Crippen LogP contribution in [0.25, 0.3) is 0 Å². The summed E-state index contributed by atoms with van der Waals surface area (Å²) in [6.45, 7) is 0. The Labute approximate surface area is 69.0 Å². The molecule has 54 valence electrons. The largest absolute Gasteiger partial charge is 0.240 e. The summed E-state index contributed by atoms with van der Waals surface area (Å²) in [5, 5.41) is 0.513. The van der Waals surface area contributed by atoms with Crippen LogP contribution in [0.4, 0.5) is 0 Å². The fourth-order valence-electron chi connectivity index (χ4n) is 0.573. The smallest absolute Gasteiger partial charge is 0.139 e. The molecule has 0 N–H and O–H groups in total. The van der Waals surface area contributed by atoms with Crippen LogP contribution in [0.5, 0.6) is 0 Å². The zero-order valence-electron chi connectivity index (χ0n) is 5.54. The SMILES string of the molecule is CSCc1nccc(Cl)n1. The van der Waals surface area contributed by atoms with E-state index in [1.807, 2.05) is 6.26 Å². The number of hydrogen-bond donors (Lipinski definition) is 0. The third-order valence-corrected chi connectivity index (χ3v) is 1.70. The van der Waals surface area contributed by atoms with E-state index in [9.17, 15) is 0 Å². The van der Waals surface area contributed by atoms with E-state index in [2.05, 4.69) is 9.97 Å². The van der Waals surface area contributed by atoms with Crippen molar-refractivity contribution in [2.45, 2.75) is 5.75 Å². The van der Waals surface area contributed by atoms with Gasteiger partial charge in [-0.25, -0.2) is 9.97 Å². The lowest BCUT2D eigenvalue weighted by Crippen LogP contribution is -1.90. The van der Waals surface area contributed by atoms with Gasteiger partial charge in [-0.3, -0.25) is 0 Å². The van der Waals surface area contributed by atoms with E-state index in [0.717, 1.165) is 11.6 Å². The van der Waals surface area contributed by atoms with Gasteiger partial charge >= 0.3 is 0 Å². The van der Waals surface area contributed by atoms with Crippen LogP contribution in [-0.2, 0) is 5.75 Å². The minimum Gasteiger partial charge on any atom is -0.240 e. The Morgan fingerprint density at radius 1 is 1.70 bits per heavy atom. The highest BCUT2D eigenvalue weighted by atomic mass is 35.5. The van der Waals surface area contributed by atoms with Crippen molar-refractivity contribution in [2.24, 2.45) is 0 Å². The van der Waals surface area contributed by atoms with Crippen molar-refractivity contribution in [3.8, 4) is 0 Å². The zero-order chi connectivity index (χ0) is 7.40. The molecule has 0 aliphatic heterocycles. The Morgan fingerprint density at radius 2 is 2.50 bits per heavy atom. The summed E-state index contributed by atoms with van der Waals surface area (Å²) in [6.07, 6.45) is 3.67. The standard InChI is InChI=1S/C6H7ClN2S/c1-10-4-6-8-3-2-5(7)9-6/h2-3H,4H2,1H3. The Morgan fingerprint density at radius 3 is 3.10 bits per heavy atom. The molecule has 0 aliphatic carbocycles. The number of rotatable bonds is 2. The molecule has 0 amide bonds. The van der Waals surface area contributed by atoms with Gasteiger partial charge in [0.1, 0.15) is 11.0 Å². The second kappa shape index (κ2) is 3.78. The predicted octanol–water partition coefficient (Wildman–Crippen LogP) is 1.99. The Hall–Kier alpha value is -0.280. The number of hydrogen-bond acceptors (Lipinski definition) is 3. The van der Waals surface area contributed by atoms with Crippen molar-refractivity contribution in [3.63, 3.8) is 0 Å². The number of nitrogens with zero attached hydrogens (tertiary/aromatic N) is 2. The van der Waals surface area contributed by atoms with Crippen LogP contribution in [-0.4, -0.2) is 16.2 Å². The van der Waals surface area contributed by atoms with Crippen molar-refractivity contribution >= 4 is 23.4 Å². The number of aromatic nitrogens is 2. The molecule has 1 aromatic rings. The van der Waals surface area contributed by atoms with Gasteiger partial charge in [-0.1, -0.05) is 11.6 Å². The van der Waals surface area contributed by atoms with E-state index in [1.165, 1.54) is 0 Å². The fraction of sp³-hybridized carbons (Fsp3) is 0.333. The summed E-state index contributed by atoms with van der Waals surface area (Å²) in [6, 6.07) is 1.67. The lowest BCUT2D eigenvalue weighted by molar-refractivity contribution is 1.04. The molecule has 1 rings (SSSR count). The van der Waals surface area contributed by atoms with Gasteiger partial charge in [0.25, 0.3) is 0 Å². The average Bonchev–Trinajstić information content (AvgIpc) is 1.88. The molecule has 0 unspecified atom stereocenters. The minimum atomic E-state index is 0.513. The van der Waals surface area contributed by atoms with Gasteiger partial charge in [0.2, 0.25) is 0 Å². The summed E-state index contributed by atoms with van der Waals surface area (Å²) in [7, 11) is 0. The first-order valence-electron chi connectivity index (χ1n) is 2.79. The Kier molecular flexibility index (Phi) is 2.96. The van der Waals surface area contributed by atoms with Crippen molar-refractivity contribution in [3.05, 3.63) is 23.2 Å². The third-order valence-electron chi connectivity index (χ3n) is 0.945. The summed E-state index contributed by atoms with van der Waals surface area (Å²) in [4.78, 5) is 8.01. The monoisotopic (exact) mass is 174 g/mol. The lowest BCUT2D eigenvalue weighted by Gasteiger charge is -1.94. The molecule has 10 heavy (non-hydrogen) atoms. The minimum absolute atomic E-state index is 0.513. The number of halogens is 1. The van der Waals surface area contributed by atoms with Gasteiger partial charge in [0.05, 0.1) is 5.75 Å². The van der Waals surface area contributed by atoms with Crippen LogP contribution in [0.3, 0.4) is 0 Å². The van der Waals surface area contributed by atoms with Crippen molar-refractivity contribution in [1.82, 2.24) is 9.97 Å². The van der Waals surface area contributed by atoms with Gasteiger partial charge in [0, 0.05) is 6.20 Å². The molecule has 1 heterocycles. The average molecular weight is 175 g/mol. The maximum absolute atomic E-state index is 5.62. The van der Waals surface area contributed by atoms with E-state index in [4.69, 9.17) is 11.6 Å². The molecule has 0 radical (unpaired) electrons. The van der Waals surface area contributed by atoms with E-state index in [-0.39, 0.29) is 0 Å². The van der Waals surface area contributed by atoms with Crippen molar-refractivity contribution < 1.29 is 0 Å². The van der Waals surface area contributed by atoms with Gasteiger partial charge in [-0.15, -0.1) is 0 Å². The molecule has 0 aliphatic rings. The molecule has 0 saturated heterocycles. The zero-order valence-corrected chi connectivity index (χ0v) is 7.11. The molecule has 1 aromatic heterocycles. The first-order valence-corrected chi connectivity index (χ1v) is 4.56. The first-order chi connectivity index (χ1) is 4.83. The second-order valence-corrected chi connectivity index (χ2v) is 2.98. The van der Waals surface area contributed by atoms with Crippen molar-refractivity contribution in [2.75, 3.05) is 6.26 Å². The van der Waals surface area contributed by atoms with E-state index in [1.54, 1.807) is 24.0 Å². The second-order valence-electron chi connectivity index (χ2n) is 1.73. The summed E-state index contributed by atoms with van der Waals surface area (Å²) in [5.41, 5.74) is 0. The lowest BCUT2D eigenvalue weighted by atomic mass is 10.6. The van der Waals surface area contributed by atoms with Gasteiger partial charge in [-0.05, 0) is 12.3 Å². The van der Waals surface area contributed by atoms with Crippen LogP contribution in [0.2, 0.25) is 5.15 Å². The molecule has 0 saturated carbocycles. The molecule has 0 spiro atoms. The molecule has 0 aromatic carbocycles. The van der Waals surface area contributed by atoms with E-state index < -0.39 is 0 Å². The molecule has 0 bridgehead atoms. The fourth-order valence-corrected chi connectivity index (χ4v) is 1.12. The van der Waals surface area contributed by atoms with Gasteiger partial charge in [0.15, 0.2) is 0 Å². The first kappa shape index (κ1) is 7.82. The normalized spacial score (nSPS) is 9.80. The molecule has 0 atom stereocenters. The highest BCUT2D eigenvalue weighted by Gasteiger charge is 1.93. The van der Waals surface area contributed by atoms with Crippen LogP contribution >= 0.6 is 23.4 Å². The van der Waals surface area contributed by atoms with Crippen LogP contribution in [0.15, 0.2) is 12.3 Å². The van der Waals surface area contributed by atoms with Gasteiger partial charge < -0.3 is 0 Å². The maximum atomic E-state index is 5.62. The topological polar surface area (TPSA) is 25.8 Å². The van der Waals surface area contributed by atoms with Crippen LogP contribution in [0, 0.1) is 0 Å². The van der Waals surface area contributed by atoms with E-state index >= 15 is 0 Å². The third kappa shape index (κ3) is 2.15. The number of thioether (sulfide) groups is 1. The summed E-state index contributed by atoms with van der Waals surface area (Å²) < 4.78 is 0. The molecule has 2 nitrogen and oxygen atoms in total. The Balaban J connectivity index is 2.75. The Bertz CT molecular complexity index is 217. The summed E-state index contributed by atoms with van der Waals surface area (Å²) in [5.74, 6) is 1.61. The van der Waals surface area contributed by atoms with Gasteiger partial charge in [-0.2, -0.15) is 11.8 Å². The maximum Gasteiger partial charge on any atom is 0.139 e.